The number of alkyl halides is 3. The second-order valence-electron chi connectivity index (χ2n) is 7.54. The number of carbonyl (C=O) groups is 1. The van der Waals surface area contributed by atoms with Crippen molar-refractivity contribution in [1.82, 2.24) is 14.9 Å². The van der Waals surface area contributed by atoms with Crippen LogP contribution < -0.4 is 4.90 Å². The molecule has 2 aromatic carbocycles. The average Bonchev–Trinajstić information content (AvgIpc) is 2.82. The minimum absolute atomic E-state index is 0.0469. The zero-order chi connectivity index (χ0) is 24.0. The lowest BCUT2D eigenvalue weighted by Crippen LogP contribution is -2.26. The molecule has 0 aliphatic rings. The number of nitrogens with zero attached hydrogens (tertiary/aromatic N) is 4. The summed E-state index contributed by atoms with van der Waals surface area (Å²) in [6, 6.07) is 17.4. The van der Waals surface area contributed by atoms with Crippen molar-refractivity contribution in [3.63, 3.8) is 0 Å². The molecule has 0 atom stereocenters. The van der Waals surface area contributed by atoms with Gasteiger partial charge in [-0.05, 0) is 30.2 Å². The van der Waals surface area contributed by atoms with Gasteiger partial charge in [-0.2, -0.15) is 13.2 Å². The molecule has 0 aliphatic carbocycles. The average molecular weight is 475 g/mol. The van der Waals surface area contributed by atoms with Gasteiger partial charge in [-0.1, -0.05) is 54.2 Å². The molecule has 174 valence electrons. The summed E-state index contributed by atoms with van der Waals surface area (Å²) in [5.74, 6) is 0.498. The summed E-state index contributed by atoms with van der Waals surface area (Å²) in [4.78, 5) is 23.6. The highest BCUT2D eigenvalue weighted by Crippen LogP contribution is 2.32. The van der Waals surface area contributed by atoms with Crippen molar-refractivity contribution in [2.75, 3.05) is 25.5 Å². The first-order valence-corrected chi connectivity index (χ1v) is 11.3. The Morgan fingerprint density at radius 2 is 1.64 bits per heavy atom. The number of amides is 1. The topological polar surface area (TPSA) is 49.3 Å². The Labute approximate surface area is 195 Å². The van der Waals surface area contributed by atoms with E-state index < -0.39 is 11.9 Å². The molecule has 3 rings (SSSR count). The predicted molar refractivity (Wildman–Crippen MR) is 124 cm³/mol. The largest absolute Gasteiger partial charge is 0.433 e. The van der Waals surface area contributed by atoms with E-state index in [2.05, 4.69) is 9.97 Å². The number of aromatic nitrogens is 2. The normalized spacial score (nSPS) is 11.3. The quantitative estimate of drug-likeness (QED) is 0.318. The Morgan fingerprint density at radius 1 is 0.970 bits per heavy atom. The van der Waals surface area contributed by atoms with Crippen LogP contribution in [0.3, 0.4) is 0 Å². The van der Waals surface area contributed by atoms with Crippen LogP contribution in [0.5, 0.6) is 0 Å². The number of hydrogen-bond donors (Lipinski definition) is 0. The second kappa shape index (κ2) is 10.7. The monoisotopic (exact) mass is 474 g/mol. The number of thioether (sulfide) groups is 1. The molecule has 0 spiro atoms. The SMILES string of the molecule is CCN(C)C(=O)c1ccc(CSc2nc(N(C)Cc3ccccc3)cc(C(F)(F)F)n2)cc1. The van der Waals surface area contributed by atoms with E-state index >= 15 is 0 Å². The molecular weight excluding hydrogens is 449 g/mol. The molecule has 0 unspecified atom stereocenters. The molecule has 0 bridgehead atoms. The van der Waals surface area contributed by atoms with Gasteiger partial charge in [0, 0.05) is 44.6 Å². The molecule has 0 N–H and O–H groups in total. The van der Waals surface area contributed by atoms with Gasteiger partial charge in [0.1, 0.15) is 5.82 Å². The van der Waals surface area contributed by atoms with Crippen molar-refractivity contribution in [1.29, 1.82) is 0 Å². The van der Waals surface area contributed by atoms with Crippen LogP contribution in [0.25, 0.3) is 0 Å². The predicted octanol–water partition coefficient (Wildman–Crippen LogP) is 5.52. The summed E-state index contributed by atoms with van der Waals surface area (Å²) in [6.07, 6.45) is -4.58. The number of carbonyl (C=O) groups excluding carboxylic acids is 1. The molecule has 0 saturated heterocycles. The first kappa shape index (κ1) is 24.6. The van der Waals surface area contributed by atoms with Gasteiger partial charge in [-0.15, -0.1) is 0 Å². The number of hydrogen-bond acceptors (Lipinski definition) is 5. The number of anilines is 1. The molecule has 33 heavy (non-hydrogen) atoms. The van der Waals surface area contributed by atoms with Gasteiger partial charge >= 0.3 is 6.18 Å². The third-order valence-corrected chi connectivity index (χ3v) is 5.94. The van der Waals surface area contributed by atoms with Crippen LogP contribution in [0.1, 0.15) is 34.1 Å². The third kappa shape index (κ3) is 6.71. The fraction of sp³-hybridized carbons (Fsp3) is 0.292. The molecule has 1 amide bonds. The van der Waals surface area contributed by atoms with Crippen molar-refractivity contribution in [3.05, 3.63) is 83.0 Å². The highest BCUT2D eigenvalue weighted by molar-refractivity contribution is 7.98. The van der Waals surface area contributed by atoms with Crippen molar-refractivity contribution in [2.24, 2.45) is 0 Å². The fourth-order valence-corrected chi connectivity index (χ4v) is 3.82. The summed E-state index contributed by atoms with van der Waals surface area (Å²) in [7, 11) is 3.43. The summed E-state index contributed by atoms with van der Waals surface area (Å²) in [5.41, 5.74) is 1.41. The minimum Gasteiger partial charge on any atom is -0.355 e. The molecule has 5 nitrogen and oxygen atoms in total. The Kier molecular flexibility index (Phi) is 7.97. The Hall–Kier alpha value is -3.07. The van der Waals surface area contributed by atoms with E-state index in [1.807, 2.05) is 37.3 Å². The van der Waals surface area contributed by atoms with E-state index in [0.717, 1.165) is 29.0 Å². The molecule has 0 aliphatic heterocycles. The van der Waals surface area contributed by atoms with Gasteiger partial charge in [0.05, 0.1) is 0 Å². The first-order chi connectivity index (χ1) is 15.7. The van der Waals surface area contributed by atoms with Crippen LogP contribution in [0, 0.1) is 0 Å². The zero-order valence-electron chi connectivity index (χ0n) is 18.6. The number of rotatable bonds is 8. The van der Waals surface area contributed by atoms with Crippen LogP contribution >= 0.6 is 11.8 Å². The van der Waals surface area contributed by atoms with E-state index in [1.165, 1.54) is 0 Å². The van der Waals surface area contributed by atoms with E-state index in [1.54, 1.807) is 48.2 Å². The summed E-state index contributed by atoms with van der Waals surface area (Å²) in [5, 5.41) is 0.0469. The van der Waals surface area contributed by atoms with Gasteiger partial charge in [-0.25, -0.2) is 9.97 Å². The zero-order valence-corrected chi connectivity index (χ0v) is 19.5. The molecular formula is C24H25F3N4OS. The van der Waals surface area contributed by atoms with Gasteiger partial charge in [0.25, 0.3) is 5.91 Å². The first-order valence-electron chi connectivity index (χ1n) is 10.4. The van der Waals surface area contributed by atoms with E-state index in [4.69, 9.17) is 0 Å². The maximum absolute atomic E-state index is 13.5. The van der Waals surface area contributed by atoms with Crippen molar-refractivity contribution < 1.29 is 18.0 Å². The van der Waals surface area contributed by atoms with Crippen LogP contribution in [-0.2, 0) is 18.5 Å². The number of benzene rings is 2. The lowest BCUT2D eigenvalue weighted by Gasteiger charge is -2.20. The van der Waals surface area contributed by atoms with E-state index in [9.17, 15) is 18.0 Å². The Balaban J connectivity index is 1.76. The lowest BCUT2D eigenvalue weighted by molar-refractivity contribution is -0.141. The third-order valence-electron chi connectivity index (χ3n) is 5.03. The maximum atomic E-state index is 13.5. The molecule has 1 heterocycles. The second-order valence-corrected chi connectivity index (χ2v) is 8.48. The lowest BCUT2D eigenvalue weighted by atomic mass is 10.1. The highest BCUT2D eigenvalue weighted by atomic mass is 32.2. The molecule has 9 heteroatoms. The minimum atomic E-state index is -4.58. The highest BCUT2D eigenvalue weighted by Gasteiger charge is 2.34. The van der Waals surface area contributed by atoms with Crippen LogP contribution in [0.15, 0.2) is 65.8 Å². The molecule has 0 saturated carbocycles. The summed E-state index contributed by atoms with van der Waals surface area (Å²) in [6.45, 7) is 2.91. The fourth-order valence-electron chi connectivity index (χ4n) is 3.01. The molecule has 0 fully saturated rings. The molecule has 3 aromatic rings. The summed E-state index contributed by atoms with van der Waals surface area (Å²) < 4.78 is 40.4. The van der Waals surface area contributed by atoms with Crippen molar-refractivity contribution in [3.8, 4) is 0 Å². The maximum Gasteiger partial charge on any atom is 0.433 e. The summed E-state index contributed by atoms with van der Waals surface area (Å²) >= 11 is 1.12. The van der Waals surface area contributed by atoms with Crippen molar-refractivity contribution in [2.45, 2.75) is 30.6 Å². The van der Waals surface area contributed by atoms with Gasteiger partial charge in [0.15, 0.2) is 10.9 Å². The van der Waals surface area contributed by atoms with E-state index in [0.29, 0.717) is 24.4 Å². The molecule has 0 radical (unpaired) electrons. The van der Waals surface area contributed by atoms with Gasteiger partial charge < -0.3 is 9.80 Å². The van der Waals surface area contributed by atoms with Crippen LogP contribution in [0.4, 0.5) is 19.0 Å². The smallest absolute Gasteiger partial charge is 0.355 e. The molecule has 1 aromatic heterocycles. The van der Waals surface area contributed by atoms with Crippen molar-refractivity contribution >= 4 is 23.5 Å². The standard InChI is InChI=1S/C24H25F3N4OS/c1-4-30(2)22(32)19-12-10-18(11-13-19)16-33-23-28-20(24(25,26)27)14-21(29-23)31(3)15-17-8-6-5-7-9-17/h5-14H,4,15-16H2,1-3H3. The number of halogens is 3. The van der Waals surface area contributed by atoms with Gasteiger partial charge in [0.2, 0.25) is 0 Å². The van der Waals surface area contributed by atoms with Crippen LogP contribution in [-0.4, -0.2) is 41.4 Å². The van der Waals surface area contributed by atoms with E-state index in [-0.39, 0.29) is 16.9 Å². The van der Waals surface area contributed by atoms with Crippen LogP contribution in [0.2, 0.25) is 0 Å². The van der Waals surface area contributed by atoms with Gasteiger partial charge in [-0.3, -0.25) is 4.79 Å². The Bertz CT molecular complexity index is 1080. The Morgan fingerprint density at radius 3 is 2.24 bits per heavy atom.